The van der Waals surface area contributed by atoms with E-state index in [1.165, 1.54) is 0 Å². The molecule has 0 radical (unpaired) electrons. The highest BCUT2D eigenvalue weighted by Gasteiger charge is 1.92. The molecule has 0 fully saturated rings. The minimum atomic E-state index is -0.733. The van der Waals surface area contributed by atoms with Gasteiger partial charge in [-0.3, -0.25) is 4.79 Å². The minimum absolute atomic E-state index is 0.253. The number of aliphatic carboxylic acids is 1. The molecule has 0 spiro atoms. The first kappa shape index (κ1) is 6.43. The number of carbonyl (C=O) groups is 1. The highest BCUT2D eigenvalue weighted by atomic mass is 16.4. The Morgan fingerprint density at radius 3 is 2.43 bits per heavy atom. The van der Waals surface area contributed by atoms with Crippen LogP contribution in [0, 0.1) is 0 Å². The zero-order valence-corrected chi connectivity index (χ0v) is 4.18. The van der Waals surface area contributed by atoms with Gasteiger partial charge in [0.15, 0.2) is 0 Å². The molecule has 3 nitrogen and oxygen atoms in total. The van der Waals surface area contributed by atoms with Gasteiger partial charge in [0.05, 0.1) is 13.0 Å². The standard InChI is InChI=1S/C4H9NO2/c5-3-1-2-4(6)7/h1-3,5H2,(H,6,7)/p+1. The lowest BCUT2D eigenvalue weighted by Gasteiger charge is -1.84. The fourth-order valence-corrected chi connectivity index (χ4v) is 0.276. The Kier molecular flexibility index (Phi) is 3.32. The molecule has 0 rings (SSSR count). The van der Waals surface area contributed by atoms with Crippen LogP contribution in [0.1, 0.15) is 12.8 Å². The first-order valence-corrected chi connectivity index (χ1v) is 2.28. The maximum Gasteiger partial charge on any atom is 0.303 e. The molecule has 42 valence electrons. The summed E-state index contributed by atoms with van der Waals surface area (Å²) in [7, 11) is 0. The average molecular weight is 104 g/mol. The van der Waals surface area contributed by atoms with Crippen LogP contribution >= 0.6 is 0 Å². The summed E-state index contributed by atoms with van der Waals surface area (Å²) < 4.78 is 0. The molecule has 0 atom stereocenters. The third kappa shape index (κ3) is 5.43. The Morgan fingerprint density at radius 1 is 1.71 bits per heavy atom. The Bertz CT molecular complexity index is 62.7. The van der Waals surface area contributed by atoms with Gasteiger partial charge in [-0.15, -0.1) is 0 Å². The van der Waals surface area contributed by atoms with Crippen molar-refractivity contribution < 1.29 is 15.6 Å². The molecule has 0 aromatic carbocycles. The maximum atomic E-state index is 9.73. The quantitative estimate of drug-likeness (QED) is 0.487. The van der Waals surface area contributed by atoms with Crippen molar-refractivity contribution in [3.8, 4) is 0 Å². The van der Waals surface area contributed by atoms with E-state index in [1.807, 2.05) is 0 Å². The van der Waals surface area contributed by atoms with Crippen LogP contribution in [-0.4, -0.2) is 17.6 Å². The van der Waals surface area contributed by atoms with E-state index in [2.05, 4.69) is 5.73 Å². The van der Waals surface area contributed by atoms with Crippen LogP contribution in [0.15, 0.2) is 0 Å². The molecular formula is C4H10NO2+. The molecular weight excluding hydrogens is 94.0 g/mol. The van der Waals surface area contributed by atoms with Crippen molar-refractivity contribution in [2.45, 2.75) is 12.8 Å². The second-order valence-corrected chi connectivity index (χ2v) is 1.35. The molecule has 0 aromatic heterocycles. The molecule has 3 heteroatoms. The van der Waals surface area contributed by atoms with E-state index in [0.717, 1.165) is 0 Å². The van der Waals surface area contributed by atoms with Crippen LogP contribution in [0.4, 0.5) is 0 Å². The van der Waals surface area contributed by atoms with Gasteiger partial charge in [0, 0.05) is 6.42 Å². The summed E-state index contributed by atoms with van der Waals surface area (Å²) in [5.41, 5.74) is 3.49. The molecule has 0 aliphatic heterocycles. The van der Waals surface area contributed by atoms with Crippen molar-refractivity contribution in [2.24, 2.45) is 0 Å². The van der Waals surface area contributed by atoms with Crippen molar-refractivity contribution in [3.63, 3.8) is 0 Å². The van der Waals surface area contributed by atoms with Gasteiger partial charge in [0.2, 0.25) is 0 Å². The van der Waals surface area contributed by atoms with Gasteiger partial charge >= 0.3 is 5.97 Å². The highest BCUT2D eigenvalue weighted by molar-refractivity contribution is 5.66. The van der Waals surface area contributed by atoms with Crippen molar-refractivity contribution in [1.82, 2.24) is 0 Å². The van der Waals surface area contributed by atoms with E-state index >= 15 is 0 Å². The second kappa shape index (κ2) is 3.61. The molecule has 0 amide bonds. The van der Waals surface area contributed by atoms with Crippen LogP contribution in [0.3, 0.4) is 0 Å². The fraction of sp³-hybridized carbons (Fsp3) is 0.750. The van der Waals surface area contributed by atoms with Gasteiger partial charge in [-0.05, 0) is 0 Å². The molecule has 0 aromatic rings. The van der Waals surface area contributed by atoms with E-state index < -0.39 is 5.97 Å². The van der Waals surface area contributed by atoms with E-state index in [-0.39, 0.29) is 6.42 Å². The third-order valence-electron chi connectivity index (χ3n) is 0.641. The van der Waals surface area contributed by atoms with Crippen molar-refractivity contribution in [1.29, 1.82) is 0 Å². The van der Waals surface area contributed by atoms with Crippen LogP contribution in [0.2, 0.25) is 0 Å². The van der Waals surface area contributed by atoms with Crippen LogP contribution in [0.25, 0.3) is 0 Å². The number of carboxylic acids is 1. The summed E-state index contributed by atoms with van der Waals surface area (Å²) in [4.78, 5) is 9.73. The Hall–Kier alpha value is -0.570. The lowest BCUT2D eigenvalue weighted by molar-refractivity contribution is -0.368. The smallest absolute Gasteiger partial charge is 0.303 e. The van der Waals surface area contributed by atoms with E-state index in [4.69, 9.17) is 5.11 Å². The van der Waals surface area contributed by atoms with Crippen molar-refractivity contribution >= 4 is 5.97 Å². The predicted octanol–water partition coefficient (Wildman–Crippen LogP) is -0.907. The maximum absolute atomic E-state index is 9.73. The van der Waals surface area contributed by atoms with Crippen molar-refractivity contribution in [3.05, 3.63) is 0 Å². The number of quaternary nitrogens is 1. The summed E-state index contributed by atoms with van der Waals surface area (Å²) in [6, 6.07) is 0. The predicted molar refractivity (Wildman–Crippen MR) is 24.6 cm³/mol. The Morgan fingerprint density at radius 2 is 2.29 bits per heavy atom. The van der Waals surface area contributed by atoms with Crippen LogP contribution in [0.5, 0.6) is 0 Å². The summed E-state index contributed by atoms with van der Waals surface area (Å²) in [5, 5.41) is 8.02. The fourth-order valence-electron chi connectivity index (χ4n) is 0.276. The molecule has 7 heavy (non-hydrogen) atoms. The number of rotatable bonds is 3. The van der Waals surface area contributed by atoms with Gasteiger partial charge in [-0.25, -0.2) is 0 Å². The largest absolute Gasteiger partial charge is 0.481 e. The van der Waals surface area contributed by atoms with Crippen LogP contribution < -0.4 is 5.73 Å². The van der Waals surface area contributed by atoms with E-state index in [1.54, 1.807) is 0 Å². The molecule has 0 aliphatic rings. The Balaban J connectivity index is 2.82. The lowest BCUT2D eigenvalue weighted by atomic mass is 10.3. The normalized spacial score (nSPS) is 8.71. The zero-order chi connectivity index (χ0) is 5.70. The molecule has 0 heterocycles. The summed E-state index contributed by atoms with van der Waals surface area (Å²) >= 11 is 0. The molecule has 0 aliphatic carbocycles. The topological polar surface area (TPSA) is 64.9 Å². The van der Waals surface area contributed by atoms with Gasteiger partial charge in [-0.2, -0.15) is 0 Å². The monoisotopic (exact) mass is 104 g/mol. The van der Waals surface area contributed by atoms with Crippen molar-refractivity contribution in [2.75, 3.05) is 6.54 Å². The average Bonchev–Trinajstić information content (AvgIpc) is 1.61. The van der Waals surface area contributed by atoms with Gasteiger partial charge in [0.25, 0.3) is 0 Å². The van der Waals surface area contributed by atoms with Gasteiger partial charge < -0.3 is 10.8 Å². The van der Waals surface area contributed by atoms with Crippen LogP contribution in [-0.2, 0) is 4.79 Å². The molecule has 0 bridgehead atoms. The Labute approximate surface area is 42.1 Å². The minimum Gasteiger partial charge on any atom is -0.481 e. The third-order valence-corrected chi connectivity index (χ3v) is 0.641. The first-order chi connectivity index (χ1) is 3.27. The van der Waals surface area contributed by atoms with Gasteiger partial charge in [-0.1, -0.05) is 0 Å². The summed E-state index contributed by atoms with van der Waals surface area (Å²) in [6.07, 6.45) is 0.943. The summed E-state index contributed by atoms with van der Waals surface area (Å²) in [6.45, 7) is 0.715. The number of hydrogen-bond donors (Lipinski definition) is 2. The lowest BCUT2D eigenvalue weighted by Crippen LogP contribution is -2.50. The zero-order valence-electron chi connectivity index (χ0n) is 4.18. The number of hydrogen-bond acceptors (Lipinski definition) is 1. The molecule has 4 N–H and O–H groups in total. The van der Waals surface area contributed by atoms with E-state index in [0.29, 0.717) is 13.0 Å². The molecule has 0 saturated carbocycles. The molecule has 0 saturated heterocycles. The summed E-state index contributed by atoms with van der Waals surface area (Å²) in [5.74, 6) is -0.733. The highest BCUT2D eigenvalue weighted by Crippen LogP contribution is 1.81. The van der Waals surface area contributed by atoms with E-state index in [9.17, 15) is 4.79 Å². The molecule has 0 unspecified atom stereocenters. The number of carboxylic acid groups (broad SMARTS) is 1. The second-order valence-electron chi connectivity index (χ2n) is 1.35. The first-order valence-electron chi connectivity index (χ1n) is 2.28. The SMILES string of the molecule is [NH3+]CCCC(=O)O. The van der Waals surface area contributed by atoms with Gasteiger partial charge in [0.1, 0.15) is 0 Å².